The van der Waals surface area contributed by atoms with Gasteiger partial charge in [-0.2, -0.15) is 0 Å². The molecular weight excluding hydrogens is 418 g/mol. The Labute approximate surface area is 185 Å². The van der Waals surface area contributed by atoms with Crippen LogP contribution < -0.4 is 9.47 Å². The molecule has 0 radical (unpaired) electrons. The molecule has 166 valence electrons. The van der Waals surface area contributed by atoms with Crippen LogP contribution in [0.15, 0.2) is 29.5 Å². The van der Waals surface area contributed by atoms with Crippen LogP contribution in [0.2, 0.25) is 0 Å². The third-order valence-electron chi connectivity index (χ3n) is 5.18. The van der Waals surface area contributed by atoms with Crippen LogP contribution in [-0.2, 0) is 4.79 Å². The molecule has 1 aliphatic heterocycles. The predicted octanol–water partition coefficient (Wildman–Crippen LogP) is 2.92. The number of ether oxygens (including phenoxy) is 2. The highest BCUT2D eigenvalue weighted by atomic mass is 32.1. The van der Waals surface area contributed by atoms with Crippen LogP contribution in [0.3, 0.4) is 0 Å². The Morgan fingerprint density at radius 3 is 2.52 bits per heavy atom. The normalized spacial score (nSPS) is 16.4. The van der Waals surface area contributed by atoms with E-state index < -0.39 is 23.5 Å². The number of carbonyl (C=O) groups is 2. The lowest BCUT2D eigenvalue weighted by atomic mass is 9.94. The van der Waals surface area contributed by atoms with Gasteiger partial charge in [-0.1, -0.05) is 0 Å². The molecule has 2 heterocycles. The average molecular weight is 446 g/mol. The molecule has 1 aromatic carbocycles. The van der Waals surface area contributed by atoms with Crippen LogP contribution >= 0.6 is 11.3 Å². The van der Waals surface area contributed by atoms with Gasteiger partial charge in [0.25, 0.3) is 5.91 Å². The van der Waals surface area contributed by atoms with E-state index in [-0.39, 0.29) is 5.57 Å². The number of aliphatic hydroxyl groups excluding tert-OH is 1. The van der Waals surface area contributed by atoms with Gasteiger partial charge in [0.1, 0.15) is 11.5 Å². The third kappa shape index (κ3) is 4.28. The first-order valence-electron chi connectivity index (χ1n) is 9.79. The van der Waals surface area contributed by atoms with Crippen molar-refractivity contribution in [2.45, 2.75) is 19.9 Å². The second kappa shape index (κ2) is 9.07. The van der Waals surface area contributed by atoms with Gasteiger partial charge in [-0.15, -0.1) is 11.3 Å². The van der Waals surface area contributed by atoms with E-state index in [0.29, 0.717) is 40.7 Å². The number of amides is 1. The number of nitrogens with zero attached hydrogens (tertiary/aromatic N) is 3. The summed E-state index contributed by atoms with van der Waals surface area (Å²) >= 11 is 1.25. The Kier molecular flexibility index (Phi) is 6.66. The number of methoxy groups -OCH3 is 2. The minimum atomic E-state index is -0.789. The summed E-state index contributed by atoms with van der Waals surface area (Å²) in [5, 5.41) is 11.5. The number of thiazole rings is 1. The summed E-state index contributed by atoms with van der Waals surface area (Å²) in [7, 11) is 6.85. The smallest absolute Gasteiger partial charge is 0.290 e. The standard InChI is InChI=1S/C22H27N3O5S/c1-12-21(31-13(2)23-12)19(26)17-18(15-8-7-14(29-5)11-16(15)30-6)25(10-9-24(3)4)22(28)20(17)27/h7-8,11,18,27H,9-10H2,1-6H3. The first-order chi connectivity index (χ1) is 14.7. The van der Waals surface area contributed by atoms with Crippen molar-refractivity contribution in [1.29, 1.82) is 0 Å². The largest absolute Gasteiger partial charge is 0.503 e. The van der Waals surface area contributed by atoms with Gasteiger partial charge in [-0.05, 0) is 40.1 Å². The zero-order chi connectivity index (χ0) is 22.9. The summed E-state index contributed by atoms with van der Waals surface area (Å²) in [5.74, 6) is -0.461. The molecule has 3 rings (SSSR count). The fourth-order valence-corrected chi connectivity index (χ4v) is 4.53. The number of likely N-dealkylation sites (N-methyl/N-ethyl adjacent to an activating group) is 1. The Balaban J connectivity index is 2.16. The lowest BCUT2D eigenvalue weighted by Gasteiger charge is -2.29. The molecule has 9 heteroatoms. The molecule has 0 spiro atoms. The van der Waals surface area contributed by atoms with Crippen molar-refractivity contribution in [3.63, 3.8) is 0 Å². The van der Waals surface area contributed by atoms with Gasteiger partial charge < -0.3 is 24.4 Å². The zero-order valence-corrected chi connectivity index (χ0v) is 19.4. The molecule has 1 aliphatic rings. The lowest BCUT2D eigenvalue weighted by molar-refractivity contribution is -0.129. The average Bonchev–Trinajstić information content (AvgIpc) is 3.20. The molecule has 8 nitrogen and oxygen atoms in total. The highest BCUT2D eigenvalue weighted by molar-refractivity contribution is 7.14. The number of aromatic nitrogens is 1. The molecule has 0 saturated heterocycles. The van der Waals surface area contributed by atoms with Gasteiger partial charge in [-0.25, -0.2) is 4.98 Å². The van der Waals surface area contributed by atoms with Crippen molar-refractivity contribution in [2.75, 3.05) is 41.4 Å². The Morgan fingerprint density at radius 1 is 1.26 bits per heavy atom. The van der Waals surface area contributed by atoms with Gasteiger partial charge in [0.05, 0.1) is 41.4 Å². The molecule has 1 amide bonds. The number of carbonyl (C=O) groups excluding carboxylic acids is 2. The molecule has 0 fully saturated rings. The van der Waals surface area contributed by atoms with Crippen molar-refractivity contribution in [2.24, 2.45) is 0 Å². The van der Waals surface area contributed by atoms with Crippen molar-refractivity contribution in [3.05, 3.63) is 50.7 Å². The predicted molar refractivity (Wildman–Crippen MR) is 118 cm³/mol. The molecule has 1 N–H and O–H groups in total. The number of aliphatic hydroxyl groups is 1. The van der Waals surface area contributed by atoms with Crippen LogP contribution in [0.4, 0.5) is 0 Å². The Hall–Kier alpha value is -2.91. The summed E-state index contributed by atoms with van der Waals surface area (Å²) in [5.41, 5.74) is 1.22. The Bertz CT molecular complexity index is 1040. The molecular formula is C22H27N3O5S. The highest BCUT2D eigenvalue weighted by Crippen LogP contribution is 2.43. The summed E-state index contributed by atoms with van der Waals surface area (Å²) in [6.07, 6.45) is 0. The maximum absolute atomic E-state index is 13.5. The van der Waals surface area contributed by atoms with E-state index in [1.54, 1.807) is 32.2 Å². The summed E-state index contributed by atoms with van der Waals surface area (Å²) in [6, 6.07) is 4.41. The molecule has 0 aliphatic carbocycles. The van der Waals surface area contributed by atoms with E-state index in [4.69, 9.17) is 9.47 Å². The lowest BCUT2D eigenvalue weighted by Crippen LogP contribution is -2.36. The van der Waals surface area contributed by atoms with Crippen molar-refractivity contribution in [1.82, 2.24) is 14.8 Å². The number of rotatable bonds is 8. The molecule has 1 atom stereocenters. The Morgan fingerprint density at radius 2 is 1.97 bits per heavy atom. The third-order valence-corrected chi connectivity index (χ3v) is 6.25. The van der Waals surface area contributed by atoms with Gasteiger partial charge in [-0.3, -0.25) is 9.59 Å². The number of ketones is 1. The minimum Gasteiger partial charge on any atom is -0.503 e. The summed E-state index contributed by atoms with van der Waals surface area (Å²) < 4.78 is 10.8. The number of Topliss-reactive ketones (excluding diaryl/α,β-unsaturated/α-hetero) is 1. The fourth-order valence-electron chi connectivity index (χ4n) is 3.66. The maximum atomic E-state index is 13.5. The van der Waals surface area contributed by atoms with E-state index >= 15 is 0 Å². The van der Waals surface area contributed by atoms with Crippen LogP contribution in [-0.4, -0.2) is 73.0 Å². The summed E-state index contributed by atoms with van der Waals surface area (Å²) in [6.45, 7) is 4.45. The van der Waals surface area contributed by atoms with E-state index in [0.717, 1.165) is 5.01 Å². The molecule has 31 heavy (non-hydrogen) atoms. The SMILES string of the molecule is COc1ccc(C2C(C(=O)c3sc(C)nc3C)=C(O)C(=O)N2CCN(C)C)c(OC)c1. The number of aryl methyl sites for hydroxylation is 2. The van der Waals surface area contributed by atoms with Crippen LogP contribution in [0.1, 0.15) is 32.0 Å². The number of benzene rings is 1. The monoisotopic (exact) mass is 445 g/mol. The van der Waals surface area contributed by atoms with Crippen molar-refractivity contribution in [3.8, 4) is 11.5 Å². The summed E-state index contributed by atoms with van der Waals surface area (Å²) in [4.78, 5) is 34.7. The number of hydrogen-bond donors (Lipinski definition) is 1. The topological polar surface area (TPSA) is 92.2 Å². The molecule has 1 unspecified atom stereocenters. The van der Waals surface area contributed by atoms with Crippen LogP contribution in [0.25, 0.3) is 0 Å². The van der Waals surface area contributed by atoms with Crippen LogP contribution in [0.5, 0.6) is 11.5 Å². The molecule has 0 saturated carbocycles. The first kappa shape index (κ1) is 22.8. The first-order valence-corrected chi connectivity index (χ1v) is 10.6. The van der Waals surface area contributed by atoms with Crippen molar-refractivity contribution >= 4 is 23.0 Å². The van der Waals surface area contributed by atoms with Gasteiger partial charge in [0.2, 0.25) is 5.78 Å². The van der Waals surface area contributed by atoms with Gasteiger partial charge in [0, 0.05) is 24.7 Å². The van der Waals surface area contributed by atoms with E-state index in [1.807, 2.05) is 25.9 Å². The highest BCUT2D eigenvalue weighted by Gasteiger charge is 2.45. The second-order valence-electron chi connectivity index (χ2n) is 7.55. The molecule has 2 aromatic rings. The van der Waals surface area contributed by atoms with Crippen LogP contribution in [0, 0.1) is 13.8 Å². The number of hydrogen-bond acceptors (Lipinski definition) is 8. The molecule has 1 aromatic heterocycles. The van der Waals surface area contributed by atoms with E-state index in [9.17, 15) is 14.7 Å². The van der Waals surface area contributed by atoms with E-state index in [1.165, 1.54) is 23.3 Å². The van der Waals surface area contributed by atoms with Gasteiger partial charge >= 0.3 is 0 Å². The quantitative estimate of drug-likeness (QED) is 0.625. The fraction of sp³-hybridized carbons (Fsp3) is 0.409. The zero-order valence-electron chi connectivity index (χ0n) is 18.6. The molecule has 0 bridgehead atoms. The maximum Gasteiger partial charge on any atom is 0.290 e. The van der Waals surface area contributed by atoms with Gasteiger partial charge in [0.15, 0.2) is 5.76 Å². The minimum absolute atomic E-state index is 0.0407. The van der Waals surface area contributed by atoms with Crippen molar-refractivity contribution < 1.29 is 24.2 Å². The van der Waals surface area contributed by atoms with E-state index in [2.05, 4.69) is 4.98 Å². The second-order valence-corrected chi connectivity index (χ2v) is 8.75.